The number of thioether (sulfide) groups is 1. The van der Waals surface area contributed by atoms with E-state index in [9.17, 15) is 14.4 Å². The summed E-state index contributed by atoms with van der Waals surface area (Å²) >= 11 is 2.57. The quantitative estimate of drug-likeness (QED) is 0.308. The lowest BCUT2D eigenvalue weighted by Crippen LogP contribution is -2.12. The molecule has 3 rings (SSSR count). The summed E-state index contributed by atoms with van der Waals surface area (Å²) in [6, 6.07) is 5.12. The van der Waals surface area contributed by atoms with E-state index in [1.54, 1.807) is 30.5 Å². The maximum atomic E-state index is 12.2. The smallest absolute Gasteiger partial charge is 0.341 e. The van der Waals surface area contributed by atoms with Gasteiger partial charge in [0, 0.05) is 12.1 Å². The zero-order valence-electron chi connectivity index (χ0n) is 17.9. The number of ketones is 1. The third-order valence-corrected chi connectivity index (χ3v) is 6.26. The molecule has 2 aromatic rings. The number of carboxylic acid groups (broad SMARTS) is 1. The first-order valence-corrected chi connectivity index (χ1v) is 11.5. The van der Waals surface area contributed by atoms with Crippen LogP contribution in [0.2, 0.25) is 0 Å². The van der Waals surface area contributed by atoms with Crippen LogP contribution in [0.1, 0.15) is 37.1 Å². The standard InChI is InChI=1S/C22H23N3O5S2/c1-12-8-16(30-11-20(27)28)6-7-18(12)24-14(3)31-19(13(2)26)9-17-10-23-22(32-17)25-21(29)15-4-5-15/h6-10,15H,4-5,11H2,1-3H3,(H,27,28)(H,23,25,29)/b19-9-,24-14-. The number of aromatic nitrogens is 1. The number of carbonyl (C=O) groups is 3. The van der Waals surface area contributed by atoms with Crippen LogP contribution >= 0.6 is 23.1 Å². The molecular formula is C22H23N3O5S2. The van der Waals surface area contributed by atoms with Crippen LogP contribution in [0.15, 0.2) is 34.3 Å². The van der Waals surface area contributed by atoms with E-state index in [4.69, 9.17) is 9.84 Å². The van der Waals surface area contributed by atoms with Crippen molar-refractivity contribution in [3.63, 3.8) is 0 Å². The maximum Gasteiger partial charge on any atom is 0.341 e. The first-order valence-electron chi connectivity index (χ1n) is 9.89. The summed E-state index contributed by atoms with van der Waals surface area (Å²) in [4.78, 5) is 44.7. The number of amides is 1. The minimum absolute atomic E-state index is 0.00577. The fraction of sp³-hybridized carbons (Fsp3) is 0.318. The van der Waals surface area contributed by atoms with Gasteiger partial charge >= 0.3 is 5.97 Å². The predicted molar refractivity (Wildman–Crippen MR) is 127 cm³/mol. The van der Waals surface area contributed by atoms with Gasteiger partial charge in [-0.05, 0) is 63.5 Å². The number of nitrogens with one attached hydrogen (secondary N) is 1. The zero-order chi connectivity index (χ0) is 23.3. The van der Waals surface area contributed by atoms with Gasteiger partial charge in [0.25, 0.3) is 0 Å². The van der Waals surface area contributed by atoms with Crippen molar-refractivity contribution in [2.45, 2.75) is 33.6 Å². The number of rotatable bonds is 9. The number of hydrogen-bond acceptors (Lipinski definition) is 8. The fourth-order valence-electron chi connectivity index (χ4n) is 2.64. The molecule has 0 spiro atoms. The number of carbonyl (C=O) groups excluding carboxylic acids is 2. The summed E-state index contributed by atoms with van der Waals surface area (Å²) in [6.07, 6.45) is 5.21. The molecule has 0 radical (unpaired) electrons. The maximum absolute atomic E-state index is 12.2. The van der Waals surface area contributed by atoms with Crippen LogP contribution in [-0.4, -0.2) is 39.4 Å². The molecule has 1 saturated carbocycles. The van der Waals surface area contributed by atoms with Crippen LogP contribution in [0.3, 0.4) is 0 Å². The minimum atomic E-state index is -1.04. The Bertz CT molecular complexity index is 1100. The number of anilines is 1. The first-order chi connectivity index (χ1) is 15.2. The van der Waals surface area contributed by atoms with Crippen LogP contribution in [0, 0.1) is 12.8 Å². The third-order valence-electron chi connectivity index (χ3n) is 4.39. The molecule has 1 aromatic heterocycles. The summed E-state index contributed by atoms with van der Waals surface area (Å²) in [5, 5.41) is 12.7. The second-order valence-electron chi connectivity index (χ2n) is 7.26. The van der Waals surface area contributed by atoms with Gasteiger partial charge in [-0.1, -0.05) is 23.1 Å². The van der Waals surface area contributed by atoms with E-state index in [1.807, 2.05) is 13.8 Å². The number of ether oxygens (including phenoxy) is 1. The Morgan fingerprint density at radius 2 is 2.09 bits per heavy atom. The second-order valence-corrected chi connectivity index (χ2v) is 9.56. The van der Waals surface area contributed by atoms with Gasteiger partial charge in [-0.3, -0.25) is 9.59 Å². The van der Waals surface area contributed by atoms with Gasteiger partial charge < -0.3 is 15.2 Å². The highest BCUT2D eigenvalue weighted by atomic mass is 32.2. The van der Waals surface area contributed by atoms with E-state index in [0.717, 1.165) is 23.3 Å². The number of Topliss-reactive ketones (excluding diaryl/α,β-unsaturated/α-hetero) is 1. The van der Waals surface area contributed by atoms with E-state index in [-0.39, 0.29) is 17.6 Å². The van der Waals surface area contributed by atoms with Crippen LogP contribution in [0.25, 0.3) is 6.08 Å². The molecule has 1 heterocycles. The van der Waals surface area contributed by atoms with Crippen molar-refractivity contribution in [2.75, 3.05) is 11.9 Å². The lowest BCUT2D eigenvalue weighted by molar-refractivity contribution is -0.139. The summed E-state index contributed by atoms with van der Waals surface area (Å²) in [5.74, 6) is -0.599. The molecule has 1 aliphatic carbocycles. The molecule has 168 valence electrons. The number of aliphatic imine (C=N–C) groups is 1. The van der Waals surface area contributed by atoms with E-state index in [1.165, 1.54) is 30.0 Å². The number of aryl methyl sites for hydroxylation is 1. The average molecular weight is 474 g/mol. The number of nitrogens with zero attached hydrogens (tertiary/aromatic N) is 2. The van der Waals surface area contributed by atoms with Crippen LogP contribution < -0.4 is 10.1 Å². The number of allylic oxidation sites excluding steroid dienone is 1. The van der Waals surface area contributed by atoms with Gasteiger partial charge in [0.1, 0.15) is 5.75 Å². The van der Waals surface area contributed by atoms with Crippen molar-refractivity contribution >= 4 is 62.7 Å². The highest BCUT2D eigenvalue weighted by Gasteiger charge is 2.30. The Kier molecular flexibility index (Phi) is 7.81. The Morgan fingerprint density at radius 1 is 1.34 bits per heavy atom. The van der Waals surface area contributed by atoms with Gasteiger partial charge in [0.05, 0.1) is 20.5 Å². The molecule has 0 unspecified atom stereocenters. The summed E-state index contributed by atoms with van der Waals surface area (Å²) in [5.41, 5.74) is 1.52. The van der Waals surface area contributed by atoms with Gasteiger partial charge in [-0.25, -0.2) is 14.8 Å². The lowest BCUT2D eigenvalue weighted by Gasteiger charge is -2.08. The van der Waals surface area contributed by atoms with Gasteiger partial charge in [0.15, 0.2) is 17.5 Å². The molecule has 0 aliphatic heterocycles. The van der Waals surface area contributed by atoms with E-state index >= 15 is 0 Å². The van der Waals surface area contributed by atoms with Gasteiger partial charge in [-0.15, -0.1) is 0 Å². The van der Waals surface area contributed by atoms with Crippen molar-refractivity contribution in [3.8, 4) is 5.75 Å². The third kappa shape index (κ3) is 7.03. The van der Waals surface area contributed by atoms with E-state index < -0.39 is 12.6 Å². The van der Waals surface area contributed by atoms with Crippen molar-refractivity contribution in [2.24, 2.45) is 10.9 Å². The molecule has 8 nitrogen and oxygen atoms in total. The molecule has 1 aliphatic rings. The lowest BCUT2D eigenvalue weighted by atomic mass is 10.2. The Morgan fingerprint density at radius 3 is 2.72 bits per heavy atom. The molecule has 0 saturated heterocycles. The molecule has 32 heavy (non-hydrogen) atoms. The van der Waals surface area contributed by atoms with Gasteiger partial charge in [0.2, 0.25) is 5.91 Å². The van der Waals surface area contributed by atoms with Crippen LogP contribution in [0.5, 0.6) is 5.75 Å². The highest BCUT2D eigenvalue weighted by Crippen LogP contribution is 2.32. The van der Waals surface area contributed by atoms with Crippen LogP contribution in [-0.2, 0) is 14.4 Å². The predicted octanol–water partition coefficient (Wildman–Crippen LogP) is 4.68. The van der Waals surface area contributed by atoms with Crippen LogP contribution in [0.4, 0.5) is 10.8 Å². The number of hydrogen-bond donors (Lipinski definition) is 2. The van der Waals surface area contributed by atoms with Crippen molar-refractivity contribution < 1.29 is 24.2 Å². The summed E-state index contributed by atoms with van der Waals surface area (Å²) in [6.45, 7) is 4.74. The first kappa shape index (κ1) is 23.7. The minimum Gasteiger partial charge on any atom is -0.482 e. The molecule has 1 aromatic carbocycles. The number of carboxylic acids is 1. The highest BCUT2D eigenvalue weighted by molar-refractivity contribution is 8.18. The molecule has 1 amide bonds. The van der Waals surface area contributed by atoms with E-state index in [2.05, 4.69) is 15.3 Å². The molecule has 1 fully saturated rings. The largest absolute Gasteiger partial charge is 0.482 e. The SMILES string of the molecule is CC(=O)/C(=C/c1cnc(NC(=O)C2CC2)s1)S/C(C)=N\c1ccc(OCC(=O)O)cc1C. The average Bonchev–Trinajstić information content (AvgIpc) is 3.49. The van der Waals surface area contributed by atoms with Gasteiger partial charge in [-0.2, -0.15) is 0 Å². The fourth-order valence-corrected chi connectivity index (χ4v) is 4.27. The summed E-state index contributed by atoms with van der Waals surface area (Å²) in [7, 11) is 0. The molecular weight excluding hydrogens is 450 g/mol. The van der Waals surface area contributed by atoms with E-state index in [0.29, 0.717) is 26.5 Å². The molecule has 0 bridgehead atoms. The Balaban J connectivity index is 1.69. The van der Waals surface area contributed by atoms with Crippen molar-refractivity contribution in [3.05, 3.63) is 39.7 Å². The topological polar surface area (TPSA) is 118 Å². The number of aliphatic carboxylic acids is 1. The molecule has 0 atom stereocenters. The Labute approximate surface area is 193 Å². The number of benzene rings is 1. The monoisotopic (exact) mass is 473 g/mol. The molecule has 10 heteroatoms. The number of thiazole rings is 1. The second kappa shape index (κ2) is 10.6. The Hall–Kier alpha value is -2.98. The van der Waals surface area contributed by atoms with Crippen molar-refractivity contribution in [1.29, 1.82) is 0 Å². The van der Waals surface area contributed by atoms with Crippen molar-refractivity contribution in [1.82, 2.24) is 4.98 Å². The normalized spacial score (nSPS) is 14.2. The summed E-state index contributed by atoms with van der Waals surface area (Å²) < 4.78 is 5.18. The molecule has 2 N–H and O–H groups in total. The zero-order valence-corrected chi connectivity index (χ0v) is 19.5.